The highest BCUT2D eigenvalue weighted by Gasteiger charge is 2.18. The topological polar surface area (TPSA) is 110 Å². The van der Waals surface area contributed by atoms with Gasteiger partial charge in [0, 0.05) is 12.5 Å². The first-order valence-electron chi connectivity index (χ1n) is 5.77. The van der Waals surface area contributed by atoms with Crippen LogP contribution < -0.4 is 5.32 Å². The molecule has 0 bridgehead atoms. The third-order valence-electron chi connectivity index (χ3n) is 2.47. The van der Waals surface area contributed by atoms with Crippen molar-refractivity contribution in [2.24, 2.45) is 0 Å². The van der Waals surface area contributed by atoms with E-state index in [0.29, 0.717) is 6.42 Å². The monoisotopic (exact) mass is 266 g/mol. The van der Waals surface area contributed by atoms with E-state index in [0.717, 1.165) is 24.6 Å². The van der Waals surface area contributed by atoms with Crippen molar-refractivity contribution in [3.8, 4) is 0 Å². The molecule has 7 nitrogen and oxygen atoms in total. The summed E-state index contributed by atoms with van der Waals surface area (Å²) in [6.45, 7) is 1.92. The number of nitrogens with zero attached hydrogens (tertiary/aromatic N) is 1. The van der Waals surface area contributed by atoms with Gasteiger partial charge in [-0.1, -0.05) is 13.3 Å². The minimum atomic E-state index is -1.21. The maximum atomic E-state index is 11.5. The lowest BCUT2D eigenvalue weighted by atomic mass is 10.1. The van der Waals surface area contributed by atoms with Crippen molar-refractivity contribution in [2.75, 3.05) is 5.32 Å². The predicted octanol–water partition coefficient (Wildman–Crippen LogP) is 2.42. The third-order valence-corrected chi connectivity index (χ3v) is 2.47. The Labute approximate surface area is 109 Å². The fourth-order valence-electron chi connectivity index (χ4n) is 1.48. The number of anilines is 1. The van der Waals surface area contributed by atoms with E-state index in [9.17, 15) is 19.7 Å². The molecule has 0 unspecified atom stereocenters. The van der Waals surface area contributed by atoms with Crippen LogP contribution in [0.5, 0.6) is 0 Å². The zero-order valence-electron chi connectivity index (χ0n) is 10.4. The number of hydrogen-bond acceptors (Lipinski definition) is 4. The van der Waals surface area contributed by atoms with Crippen molar-refractivity contribution in [1.82, 2.24) is 0 Å². The highest BCUT2D eigenvalue weighted by atomic mass is 16.6. The van der Waals surface area contributed by atoms with Crippen LogP contribution in [-0.4, -0.2) is 21.9 Å². The van der Waals surface area contributed by atoms with Crippen LogP contribution in [0.3, 0.4) is 0 Å². The van der Waals surface area contributed by atoms with Crippen LogP contribution in [0.1, 0.15) is 36.5 Å². The summed E-state index contributed by atoms with van der Waals surface area (Å²) in [7, 11) is 0. The van der Waals surface area contributed by atoms with E-state index in [-0.39, 0.29) is 29.3 Å². The summed E-state index contributed by atoms with van der Waals surface area (Å²) in [5.74, 6) is -1.58. The summed E-state index contributed by atoms with van der Waals surface area (Å²) in [6.07, 6.45) is 1.73. The minimum Gasteiger partial charge on any atom is -0.478 e. The van der Waals surface area contributed by atoms with Gasteiger partial charge >= 0.3 is 5.97 Å². The Morgan fingerprint density at radius 1 is 1.42 bits per heavy atom. The fourth-order valence-corrected chi connectivity index (χ4v) is 1.48. The molecule has 0 aromatic heterocycles. The van der Waals surface area contributed by atoms with Gasteiger partial charge < -0.3 is 10.4 Å². The number of amides is 1. The Hall–Kier alpha value is -2.44. The van der Waals surface area contributed by atoms with Gasteiger partial charge in [-0.05, 0) is 18.6 Å². The maximum absolute atomic E-state index is 11.5. The Kier molecular flexibility index (Phi) is 4.99. The van der Waals surface area contributed by atoms with Gasteiger partial charge in [0.05, 0.1) is 10.5 Å². The van der Waals surface area contributed by atoms with Gasteiger partial charge in [0.1, 0.15) is 5.69 Å². The molecule has 1 aromatic rings. The van der Waals surface area contributed by atoms with Gasteiger partial charge in [0.25, 0.3) is 5.69 Å². The molecular formula is C12H14N2O5. The molecule has 0 aliphatic rings. The summed E-state index contributed by atoms with van der Waals surface area (Å²) in [5.41, 5.74) is -0.530. The number of carboxylic acid groups (broad SMARTS) is 1. The second-order valence-electron chi connectivity index (χ2n) is 3.95. The van der Waals surface area contributed by atoms with Crippen molar-refractivity contribution in [3.05, 3.63) is 33.9 Å². The highest BCUT2D eigenvalue weighted by molar-refractivity contribution is 5.96. The molecule has 0 saturated heterocycles. The first-order chi connectivity index (χ1) is 8.95. The molecule has 0 fully saturated rings. The molecule has 0 aliphatic heterocycles. The van der Waals surface area contributed by atoms with Gasteiger partial charge in [-0.15, -0.1) is 0 Å². The van der Waals surface area contributed by atoms with E-state index in [1.165, 1.54) is 0 Å². The van der Waals surface area contributed by atoms with Crippen molar-refractivity contribution in [1.29, 1.82) is 0 Å². The number of hydrogen-bond donors (Lipinski definition) is 2. The lowest BCUT2D eigenvalue weighted by Crippen LogP contribution is -2.13. The second kappa shape index (κ2) is 6.48. The molecule has 0 spiro atoms. The van der Waals surface area contributed by atoms with Crippen molar-refractivity contribution < 1.29 is 19.6 Å². The Morgan fingerprint density at radius 2 is 2.11 bits per heavy atom. The average molecular weight is 266 g/mol. The van der Waals surface area contributed by atoms with Crippen LogP contribution >= 0.6 is 0 Å². The van der Waals surface area contributed by atoms with E-state index in [1.54, 1.807) is 0 Å². The Balaban J connectivity index is 3.01. The van der Waals surface area contributed by atoms with Crippen molar-refractivity contribution in [3.63, 3.8) is 0 Å². The molecule has 0 heterocycles. The molecule has 102 valence electrons. The quantitative estimate of drug-likeness (QED) is 0.607. The summed E-state index contributed by atoms with van der Waals surface area (Å²) in [4.78, 5) is 32.5. The molecule has 1 aromatic carbocycles. The Bertz CT molecular complexity index is 513. The number of carbonyl (C=O) groups excluding carboxylic acids is 1. The van der Waals surface area contributed by atoms with Gasteiger partial charge in [0.15, 0.2) is 0 Å². The average Bonchev–Trinajstić information content (AvgIpc) is 2.35. The summed E-state index contributed by atoms with van der Waals surface area (Å²) >= 11 is 0. The van der Waals surface area contributed by atoms with Gasteiger partial charge in [0.2, 0.25) is 5.91 Å². The number of nitro benzene ring substituents is 1. The van der Waals surface area contributed by atoms with Gasteiger partial charge in [-0.25, -0.2) is 4.79 Å². The zero-order valence-corrected chi connectivity index (χ0v) is 10.4. The molecule has 0 atom stereocenters. The molecule has 7 heteroatoms. The van der Waals surface area contributed by atoms with Gasteiger partial charge in [-0.3, -0.25) is 14.9 Å². The zero-order chi connectivity index (χ0) is 14.4. The van der Waals surface area contributed by atoms with Crippen LogP contribution in [-0.2, 0) is 4.79 Å². The molecule has 1 rings (SSSR count). The highest BCUT2D eigenvalue weighted by Crippen LogP contribution is 2.25. The first kappa shape index (κ1) is 14.6. The number of carbonyl (C=O) groups is 2. The number of nitro groups is 1. The summed E-state index contributed by atoms with van der Waals surface area (Å²) in [6, 6.07) is 3.28. The molecule has 0 radical (unpaired) electrons. The number of unbranched alkanes of at least 4 members (excludes halogenated alkanes) is 1. The fraction of sp³-hybridized carbons (Fsp3) is 0.333. The number of rotatable bonds is 6. The van der Waals surface area contributed by atoms with Crippen LogP contribution in [0, 0.1) is 10.1 Å². The van der Waals surface area contributed by atoms with Crippen LogP contribution in [0.25, 0.3) is 0 Å². The smallest absolute Gasteiger partial charge is 0.335 e. The summed E-state index contributed by atoms with van der Waals surface area (Å²) < 4.78 is 0. The third kappa shape index (κ3) is 4.06. The lowest BCUT2D eigenvalue weighted by molar-refractivity contribution is -0.383. The second-order valence-corrected chi connectivity index (χ2v) is 3.95. The standard InChI is InChI=1S/C12H14N2O5/c1-2-3-4-11(15)13-9-7-8(12(16)17)5-6-10(9)14(18)19/h5-7H,2-4H2,1H3,(H,13,15)(H,16,17). The molecule has 19 heavy (non-hydrogen) atoms. The minimum absolute atomic E-state index is 0.0917. The van der Waals surface area contributed by atoms with Crippen molar-refractivity contribution in [2.45, 2.75) is 26.2 Å². The molecular weight excluding hydrogens is 252 g/mol. The van der Waals surface area contributed by atoms with E-state index < -0.39 is 10.9 Å². The van der Waals surface area contributed by atoms with Crippen LogP contribution in [0.4, 0.5) is 11.4 Å². The van der Waals surface area contributed by atoms with Crippen LogP contribution in [0.15, 0.2) is 18.2 Å². The number of nitrogens with one attached hydrogen (secondary N) is 1. The molecule has 1 amide bonds. The molecule has 0 saturated carbocycles. The molecule has 0 aliphatic carbocycles. The number of aromatic carboxylic acids is 1. The van der Waals surface area contributed by atoms with E-state index in [2.05, 4.69) is 5.32 Å². The van der Waals surface area contributed by atoms with Crippen molar-refractivity contribution >= 4 is 23.3 Å². The van der Waals surface area contributed by atoms with E-state index >= 15 is 0 Å². The number of benzene rings is 1. The van der Waals surface area contributed by atoms with E-state index in [1.807, 2.05) is 6.92 Å². The van der Waals surface area contributed by atoms with E-state index in [4.69, 9.17) is 5.11 Å². The first-order valence-corrected chi connectivity index (χ1v) is 5.77. The predicted molar refractivity (Wildman–Crippen MR) is 68.2 cm³/mol. The molecule has 2 N–H and O–H groups in total. The largest absolute Gasteiger partial charge is 0.478 e. The summed E-state index contributed by atoms with van der Waals surface area (Å²) in [5, 5.41) is 22.0. The number of carboxylic acids is 1. The lowest BCUT2D eigenvalue weighted by Gasteiger charge is -2.06. The van der Waals surface area contributed by atoms with Gasteiger partial charge in [-0.2, -0.15) is 0 Å². The van der Waals surface area contributed by atoms with Crippen LogP contribution in [0.2, 0.25) is 0 Å². The SMILES string of the molecule is CCCCC(=O)Nc1cc(C(=O)O)ccc1[N+](=O)[O-]. The Morgan fingerprint density at radius 3 is 2.63 bits per heavy atom. The normalized spacial score (nSPS) is 9.95. The maximum Gasteiger partial charge on any atom is 0.335 e.